The monoisotopic (exact) mass is 557 g/mol. The summed E-state index contributed by atoms with van der Waals surface area (Å²) in [6.45, 7) is 2.32. The maximum atomic E-state index is 13.9. The third kappa shape index (κ3) is 5.41. The summed E-state index contributed by atoms with van der Waals surface area (Å²) in [6.07, 6.45) is 3.46. The number of carbonyl (C=O) groups excluding carboxylic acids is 3. The lowest BCUT2D eigenvalue weighted by Crippen LogP contribution is -2.50. The molecule has 0 spiro atoms. The third-order valence-corrected chi connectivity index (χ3v) is 7.21. The van der Waals surface area contributed by atoms with E-state index in [2.05, 4.69) is 10.4 Å². The zero-order valence-corrected chi connectivity index (χ0v) is 22.8. The van der Waals surface area contributed by atoms with E-state index in [0.29, 0.717) is 21.8 Å². The van der Waals surface area contributed by atoms with Crippen molar-refractivity contribution < 1.29 is 19.1 Å². The summed E-state index contributed by atoms with van der Waals surface area (Å²) in [5, 5.41) is 7.34. The number of nitrogens with one attached hydrogen (secondary N) is 1. The number of aromatic nitrogens is 2. The molecule has 1 aromatic heterocycles. The van der Waals surface area contributed by atoms with Crippen molar-refractivity contribution in [3.05, 3.63) is 113 Å². The summed E-state index contributed by atoms with van der Waals surface area (Å²) in [7, 11) is 1.28. The Morgan fingerprint density at radius 3 is 2.48 bits per heavy atom. The fourth-order valence-corrected chi connectivity index (χ4v) is 5.06. The van der Waals surface area contributed by atoms with Crippen molar-refractivity contribution in [1.29, 1.82) is 0 Å². The van der Waals surface area contributed by atoms with E-state index < -0.39 is 24.1 Å². The molecule has 1 N–H and O–H groups in total. The van der Waals surface area contributed by atoms with Gasteiger partial charge in [-0.3, -0.25) is 4.79 Å². The van der Waals surface area contributed by atoms with Gasteiger partial charge in [-0.2, -0.15) is 5.10 Å². The highest BCUT2D eigenvalue weighted by Gasteiger charge is 2.34. The second-order valence-corrected chi connectivity index (χ2v) is 9.86. The lowest BCUT2D eigenvalue weighted by molar-refractivity contribution is -0.143. The molecule has 1 aliphatic rings. The Labute approximate surface area is 236 Å². The molecule has 0 saturated carbocycles. The van der Waals surface area contributed by atoms with Crippen molar-refractivity contribution in [2.45, 2.75) is 25.6 Å². The average Bonchev–Trinajstić information content (AvgIpc) is 3.47. The van der Waals surface area contributed by atoms with Gasteiger partial charge in [0.2, 0.25) is 0 Å². The first-order valence-corrected chi connectivity index (χ1v) is 13.1. The largest absolute Gasteiger partial charge is 0.467 e. The fourth-order valence-electron chi connectivity index (χ4n) is 4.81. The van der Waals surface area contributed by atoms with Gasteiger partial charge >= 0.3 is 12.0 Å². The standard InChI is InChI=1S/C30H28ClN5O4/c1-20-18-35(28(37)24-14-13-23(17-25(24)31)36-16-8-15-32-36)26-12-7-6-11-22(26)19-34(20)30(39)33-27(29(38)40-2)21-9-4-3-5-10-21/h3-17,20,27H,18-19H2,1-2H3,(H,33,39). The number of fused-ring (bicyclic) bond motifs is 1. The van der Waals surface area contributed by atoms with Gasteiger partial charge in [0.15, 0.2) is 6.04 Å². The van der Waals surface area contributed by atoms with Crippen LogP contribution in [0.15, 0.2) is 91.3 Å². The molecule has 5 rings (SSSR count). The highest BCUT2D eigenvalue weighted by atomic mass is 35.5. The first kappa shape index (κ1) is 27.0. The normalized spacial score (nSPS) is 15.5. The number of hydrogen-bond donors (Lipinski definition) is 1. The number of carbonyl (C=O) groups is 3. The minimum Gasteiger partial charge on any atom is -0.467 e. The lowest BCUT2D eigenvalue weighted by atomic mass is 10.1. The molecule has 0 fully saturated rings. The maximum absolute atomic E-state index is 13.9. The number of ether oxygens (including phenoxy) is 1. The minimum absolute atomic E-state index is 0.217. The van der Waals surface area contributed by atoms with Gasteiger partial charge in [-0.15, -0.1) is 0 Å². The molecule has 0 aliphatic carbocycles. The zero-order valence-electron chi connectivity index (χ0n) is 22.0. The van der Waals surface area contributed by atoms with E-state index in [-0.39, 0.29) is 19.0 Å². The Morgan fingerprint density at radius 1 is 1.02 bits per heavy atom. The van der Waals surface area contributed by atoms with E-state index >= 15 is 0 Å². The molecule has 10 heteroatoms. The Bertz CT molecular complexity index is 1530. The van der Waals surface area contributed by atoms with Gasteiger partial charge in [-0.1, -0.05) is 60.1 Å². The lowest BCUT2D eigenvalue weighted by Gasteiger charge is -2.30. The van der Waals surface area contributed by atoms with Crippen LogP contribution in [0.1, 0.15) is 34.5 Å². The van der Waals surface area contributed by atoms with Gasteiger partial charge in [-0.25, -0.2) is 14.3 Å². The summed E-state index contributed by atoms with van der Waals surface area (Å²) in [4.78, 5) is 43.3. The van der Waals surface area contributed by atoms with Gasteiger partial charge < -0.3 is 19.9 Å². The number of halogens is 1. The van der Waals surface area contributed by atoms with Gasteiger partial charge in [-0.05, 0) is 48.4 Å². The quantitative estimate of drug-likeness (QED) is 0.348. The number of hydrogen-bond acceptors (Lipinski definition) is 5. The van der Waals surface area contributed by atoms with Crippen LogP contribution in [0.25, 0.3) is 5.69 Å². The number of rotatable bonds is 5. The highest BCUT2D eigenvalue weighted by Crippen LogP contribution is 2.31. The molecule has 1 aliphatic heterocycles. The Morgan fingerprint density at radius 2 is 1.77 bits per heavy atom. The number of nitrogens with zero attached hydrogens (tertiary/aromatic N) is 4. The summed E-state index contributed by atoms with van der Waals surface area (Å²) in [5.74, 6) is -0.859. The Balaban J connectivity index is 1.42. The summed E-state index contributed by atoms with van der Waals surface area (Å²) in [5.41, 5.74) is 3.16. The second kappa shape index (κ2) is 11.6. The second-order valence-electron chi connectivity index (χ2n) is 9.45. The van der Waals surface area contributed by atoms with Gasteiger partial charge in [0.1, 0.15) is 0 Å². The Hall–Kier alpha value is -4.63. The smallest absolute Gasteiger partial charge is 0.333 e. The van der Waals surface area contributed by atoms with Crippen LogP contribution in [0.4, 0.5) is 10.5 Å². The number of methoxy groups -OCH3 is 1. The summed E-state index contributed by atoms with van der Waals surface area (Å²) < 4.78 is 6.62. The van der Waals surface area contributed by atoms with E-state index in [0.717, 1.165) is 11.3 Å². The molecule has 0 bridgehead atoms. The first-order valence-electron chi connectivity index (χ1n) is 12.8. The van der Waals surface area contributed by atoms with Crippen LogP contribution >= 0.6 is 11.6 Å². The van der Waals surface area contributed by atoms with E-state index in [9.17, 15) is 14.4 Å². The molecule has 3 amide bonds. The molecule has 2 heterocycles. The van der Waals surface area contributed by atoms with Crippen molar-refractivity contribution >= 4 is 35.2 Å². The SMILES string of the molecule is COC(=O)C(NC(=O)N1Cc2ccccc2N(C(=O)c2ccc(-n3cccn3)cc2Cl)CC1C)c1ccccc1. The van der Waals surface area contributed by atoms with Crippen molar-refractivity contribution in [3.63, 3.8) is 0 Å². The zero-order chi connectivity index (χ0) is 28.2. The molecule has 4 aromatic rings. The molecule has 3 aromatic carbocycles. The number of amides is 3. The van der Waals surface area contributed by atoms with E-state index in [4.69, 9.17) is 16.3 Å². The fraction of sp³-hybridized carbons (Fsp3) is 0.200. The molecule has 2 unspecified atom stereocenters. The van der Waals surface area contributed by atoms with Crippen LogP contribution in [0, 0.1) is 0 Å². The van der Waals surface area contributed by atoms with Crippen LogP contribution in [0.5, 0.6) is 0 Å². The number of urea groups is 1. The highest BCUT2D eigenvalue weighted by molar-refractivity contribution is 6.34. The summed E-state index contributed by atoms with van der Waals surface area (Å²) >= 11 is 6.60. The van der Waals surface area contributed by atoms with Crippen LogP contribution in [-0.2, 0) is 16.1 Å². The average molecular weight is 558 g/mol. The van der Waals surface area contributed by atoms with Gasteiger partial charge in [0, 0.05) is 37.2 Å². The summed E-state index contributed by atoms with van der Waals surface area (Å²) in [6, 6.07) is 21.5. The van der Waals surface area contributed by atoms with E-state index in [1.807, 2.05) is 37.3 Å². The first-order chi connectivity index (χ1) is 19.4. The number of benzene rings is 3. The molecular weight excluding hydrogens is 530 g/mol. The van der Waals surface area contributed by atoms with Crippen molar-refractivity contribution in [2.75, 3.05) is 18.6 Å². The number of esters is 1. The predicted octanol–water partition coefficient (Wildman–Crippen LogP) is 5.00. The topological polar surface area (TPSA) is 96.8 Å². The maximum Gasteiger partial charge on any atom is 0.333 e. The van der Waals surface area contributed by atoms with Gasteiger partial charge in [0.05, 0.1) is 23.4 Å². The van der Waals surface area contributed by atoms with E-state index in [1.165, 1.54) is 7.11 Å². The van der Waals surface area contributed by atoms with Crippen molar-refractivity contribution in [2.24, 2.45) is 0 Å². The predicted molar refractivity (Wildman–Crippen MR) is 151 cm³/mol. The van der Waals surface area contributed by atoms with E-state index in [1.54, 1.807) is 75.4 Å². The number of para-hydroxylation sites is 1. The minimum atomic E-state index is -0.978. The third-order valence-electron chi connectivity index (χ3n) is 6.90. The molecule has 40 heavy (non-hydrogen) atoms. The molecule has 0 radical (unpaired) electrons. The van der Waals surface area contributed by atoms with Crippen molar-refractivity contribution in [3.8, 4) is 5.69 Å². The van der Waals surface area contributed by atoms with Crippen LogP contribution < -0.4 is 10.2 Å². The van der Waals surface area contributed by atoms with Crippen LogP contribution in [0.3, 0.4) is 0 Å². The van der Waals surface area contributed by atoms with Crippen LogP contribution in [0.2, 0.25) is 5.02 Å². The molecule has 204 valence electrons. The Kier molecular flexibility index (Phi) is 7.84. The molecule has 9 nitrogen and oxygen atoms in total. The van der Waals surface area contributed by atoms with Gasteiger partial charge in [0.25, 0.3) is 5.91 Å². The molecule has 2 atom stereocenters. The van der Waals surface area contributed by atoms with Crippen LogP contribution in [-0.4, -0.2) is 52.3 Å². The molecule has 0 saturated heterocycles. The number of anilines is 1. The molecular formula is C30H28ClN5O4. The van der Waals surface area contributed by atoms with Crippen molar-refractivity contribution in [1.82, 2.24) is 20.0 Å².